The highest BCUT2D eigenvalue weighted by molar-refractivity contribution is 6.07. The number of hydrogen-bond acceptors (Lipinski definition) is 7. The Morgan fingerprint density at radius 3 is 2.63 bits per heavy atom. The summed E-state index contributed by atoms with van der Waals surface area (Å²) in [5.74, 6) is 0.701. The minimum Gasteiger partial charge on any atom is -0.334 e. The number of imide groups is 1. The second-order valence-electron chi connectivity index (χ2n) is 6.77. The number of hydrogen-bond donors (Lipinski definition) is 3. The molecular formula is C17H21ClN6O3. The van der Waals surface area contributed by atoms with Gasteiger partial charge in [0.2, 0.25) is 0 Å². The van der Waals surface area contributed by atoms with Gasteiger partial charge in [-0.3, -0.25) is 15.0 Å². The fourth-order valence-electron chi connectivity index (χ4n) is 3.27. The van der Waals surface area contributed by atoms with Gasteiger partial charge in [-0.25, -0.2) is 4.79 Å². The van der Waals surface area contributed by atoms with Gasteiger partial charge >= 0.3 is 6.03 Å². The average Bonchev–Trinajstić information content (AvgIpc) is 3.21. The van der Waals surface area contributed by atoms with Crippen LogP contribution in [0.15, 0.2) is 28.8 Å². The number of benzene rings is 1. The first-order valence-corrected chi connectivity index (χ1v) is 8.46. The van der Waals surface area contributed by atoms with Crippen LogP contribution < -0.4 is 16.0 Å². The SMILES string of the molecule is CN1CCNCC1c1noc(-c2ccc(C3(C)NC(=O)NC3=O)cc2)n1.Cl. The molecule has 0 bridgehead atoms. The van der Waals surface area contributed by atoms with Crippen LogP contribution in [0.5, 0.6) is 0 Å². The maximum absolute atomic E-state index is 12.0. The Morgan fingerprint density at radius 2 is 2.00 bits per heavy atom. The molecule has 27 heavy (non-hydrogen) atoms. The third kappa shape index (κ3) is 3.41. The molecule has 9 nitrogen and oxygen atoms in total. The van der Waals surface area contributed by atoms with Gasteiger partial charge in [0, 0.05) is 25.2 Å². The molecule has 0 spiro atoms. The zero-order valence-corrected chi connectivity index (χ0v) is 15.8. The molecule has 144 valence electrons. The molecule has 0 radical (unpaired) electrons. The van der Waals surface area contributed by atoms with E-state index in [1.165, 1.54) is 0 Å². The van der Waals surface area contributed by atoms with Gasteiger partial charge in [0.25, 0.3) is 11.8 Å². The maximum Gasteiger partial charge on any atom is 0.322 e. The third-order valence-electron chi connectivity index (χ3n) is 5.00. The molecule has 0 aliphatic carbocycles. The lowest BCUT2D eigenvalue weighted by molar-refractivity contribution is -0.123. The van der Waals surface area contributed by atoms with E-state index in [-0.39, 0.29) is 24.4 Å². The number of aromatic nitrogens is 2. The summed E-state index contributed by atoms with van der Waals surface area (Å²) in [6.45, 7) is 4.32. The highest BCUT2D eigenvalue weighted by atomic mass is 35.5. The van der Waals surface area contributed by atoms with E-state index in [1.807, 2.05) is 7.05 Å². The molecule has 2 aliphatic heterocycles. The van der Waals surface area contributed by atoms with E-state index in [9.17, 15) is 9.59 Å². The second-order valence-corrected chi connectivity index (χ2v) is 6.77. The van der Waals surface area contributed by atoms with Gasteiger partial charge in [-0.2, -0.15) is 4.98 Å². The smallest absolute Gasteiger partial charge is 0.322 e. The first-order chi connectivity index (χ1) is 12.5. The number of nitrogens with one attached hydrogen (secondary N) is 3. The van der Waals surface area contributed by atoms with Crippen LogP contribution in [0.1, 0.15) is 24.4 Å². The van der Waals surface area contributed by atoms with Crippen LogP contribution in [0.4, 0.5) is 4.79 Å². The molecule has 2 aromatic rings. The predicted molar refractivity (Wildman–Crippen MR) is 99.2 cm³/mol. The number of likely N-dealkylation sites (N-methyl/N-ethyl adjacent to an activating group) is 1. The minimum atomic E-state index is -1.08. The Kier molecular flexibility index (Phi) is 5.18. The molecular weight excluding hydrogens is 372 g/mol. The molecule has 2 fully saturated rings. The summed E-state index contributed by atoms with van der Waals surface area (Å²) < 4.78 is 5.42. The van der Waals surface area contributed by atoms with Gasteiger partial charge < -0.3 is 15.2 Å². The van der Waals surface area contributed by atoms with E-state index in [0.717, 1.165) is 25.2 Å². The van der Waals surface area contributed by atoms with Crippen molar-refractivity contribution in [3.8, 4) is 11.5 Å². The zero-order chi connectivity index (χ0) is 18.3. The molecule has 0 saturated carbocycles. The van der Waals surface area contributed by atoms with E-state index in [0.29, 0.717) is 17.3 Å². The van der Waals surface area contributed by atoms with Gasteiger partial charge in [-0.1, -0.05) is 17.3 Å². The fourth-order valence-corrected chi connectivity index (χ4v) is 3.27. The highest BCUT2D eigenvalue weighted by Gasteiger charge is 2.43. The third-order valence-corrected chi connectivity index (χ3v) is 5.00. The van der Waals surface area contributed by atoms with Crippen LogP contribution in [0.3, 0.4) is 0 Å². The number of amides is 3. The van der Waals surface area contributed by atoms with E-state index in [4.69, 9.17) is 4.52 Å². The lowest BCUT2D eigenvalue weighted by Crippen LogP contribution is -2.44. The Bertz CT molecular complexity index is 855. The summed E-state index contributed by atoms with van der Waals surface area (Å²) in [6, 6.07) is 6.75. The van der Waals surface area contributed by atoms with Gasteiger partial charge in [0.15, 0.2) is 5.82 Å². The summed E-state index contributed by atoms with van der Waals surface area (Å²) in [5.41, 5.74) is 0.360. The second kappa shape index (κ2) is 7.26. The van der Waals surface area contributed by atoms with E-state index >= 15 is 0 Å². The van der Waals surface area contributed by atoms with Crippen LogP contribution >= 0.6 is 12.4 Å². The van der Waals surface area contributed by atoms with Crippen LogP contribution in [0.25, 0.3) is 11.5 Å². The van der Waals surface area contributed by atoms with E-state index in [2.05, 4.69) is 31.0 Å². The van der Waals surface area contributed by atoms with Crippen LogP contribution in [0, 0.1) is 0 Å². The van der Waals surface area contributed by atoms with Crippen molar-refractivity contribution >= 4 is 24.3 Å². The Morgan fingerprint density at radius 1 is 1.26 bits per heavy atom. The summed E-state index contributed by atoms with van der Waals surface area (Å²) >= 11 is 0. The number of halogens is 1. The van der Waals surface area contributed by atoms with Crippen molar-refractivity contribution in [3.05, 3.63) is 35.7 Å². The van der Waals surface area contributed by atoms with Crippen molar-refractivity contribution in [1.29, 1.82) is 0 Å². The molecule has 4 rings (SSSR count). The van der Waals surface area contributed by atoms with Crippen molar-refractivity contribution in [3.63, 3.8) is 0 Å². The lowest BCUT2D eigenvalue weighted by atomic mass is 9.91. The Balaban J connectivity index is 0.00000210. The van der Waals surface area contributed by atoms with Crippen molar-refractivity contribution in [2.45, 2.75) is 18.5 Å². The first kappa shape index (κ1) is 19.3. The molecule has 1 aromatic carbocycles. The molecule has 3 N–H and O–H groups in total. The monoisotopic (exact) mass is 392 g/mol. The standard InChI is InChI=1S/C17H20N6O3.ClH/c1-17(15(24)20-16(25)21-17)11-5-3-10(4-6-11)14-19-13(22-26-14)12-9-18-7-8-23(12)2;/h3-6,12,18H,7-9H2,1-2H3,(H2,20,21,24,25);1H. The first-order valence-electron chi connectivity index (χ1n) is 8.46. The lowest BCUT2D eigenvalue weighted by Gasteiger charge is -2.30. The summed E-state index contributed by atoms with van der Waals surface area (Å²) in [6.07, 6.45) is 0. The van der Waals surface area contributed by atoms with Crippen molar-refractivity contribution < 1.29 is 14.1 Å². The van der Waals surface area contributed by atoms with Crippen LogP contribution in [-0.2, 0) is 10.3 Å². The molecule has 2 aliphatic rings. The van der Waals surface area contributed by atoms with Gasteiger partial charge in [0.1, 0.15) is 5.54 Å². The number of carbonyl (C=O) groups is 2. The largest absolute Gasteiger partial charge is 0.334 e. The molecule has 2 saturated heterocycles. The van der Waals surface area contributed by atoms with Crippen LogP contribution in [-0.4, -0.2) is 53.7 Å². The maximum atomic E-state index is 12.0. The normalized spacial score (nSPS) is 25.6. The number of urea groups is 1. The summed E-state index contributed by atoms with van der Waals surface area (Å²) in [4.78, 5) is 30.2. The summed E-state index contributed by atoms with van der Waals surface area (Å²) in [5, 5.41) is 12.3. The van der Waals surface area contributed by atoms with Gasteiger partial charge in [0.05, 0.1) is 6.04 Å². The van der Waals surface area contributed by atoms with Crippen molar-refractivity contribution in [2.75, 3.05) is 26.7 Å². The van der Waals surface area contributed by atoms with Crippen LogP contribution in [0.2, 0.25) is 0 Å². The minimum absolute atomic E-state index is 0. The van der Waals surface area contributed by atoms with Crippen molar-refractivity contribution in [2.24, 2.45) is 0 Å². The van der Waals surface area contributed by atoms with Gasteiger partial charge in [-0.15, -0.1) is 12.4 Å². The van der Waals surface area contributed by atoms with E-state index in [1.54, 1.807) is 31.2 Å². The average molecular weight is 393 g/mol. The molecule has 2 unspecified atom stereocenters. The van der Waals surface area contributed by atoms with Gasteiger partial charge in [-0.05, 0) is 31.7 Å². The molecule has 3 heterocycles. The quantitative estimate of drug-likeness (QED) is 0.662. The molecule has 3 amide bonds. The highest BCUT2D eigenvalue weighted by Crippen LogP contribution is 2.28. The molecule has 1 aromatic heterocycles. The zero-order valence-electron chi connectivity index (χ0n) is 15.0. The Hall–Kier alpha value is -2.49. The number of nitrogens with zero attached hydrogens (tertiary/aromatic N) is 3. The van der Waals surface area contributed by atoms with E-state index < -0.39 is 11.6 Å². The number of rotatable bonds is 3. The molecule has 2 atom stereocenters. The number of carbonyl (C=O) groups excluding carboxylic acids is 2. The van der Waals surface area contributed by atoms with Crippen molar-refractivity contribution in [1.82, 2.24) is 31.0 Å². The number of piperazine rings is 1. The molecule has 10 heteroatoms. The fraction of sp³-hybridized carbons (Fsp3) is 0.412. The predicted octanol–water partition coefficient (Wildman–Crippen LogP) is 0.789. The topological polar surface area (TPSA) is 112 Å². The Labute approximate surface area is 162 Å². The summed E-state index contributed by atoms with van der Waals surface area (Å²) in [7, 11) is 2.04.